The summed E-state index contributed by atoms with van der Waals surface area (Å²) in [5.41, 5.74) is 2.92. The van der Waals surface area contributed by atoms with Crippen LogP contribution in [0.25, 0.3) is 5.65 Å². The van der Waals surface area contributed by atoms with Crippen LogP contribution >= 0.6 is 0 Å². The van der Waals surface area contributed by atoms with Crippen LogP contribution in [0.2, 0.25) is 0 Å². The lowest BCUT2D eigenvalue weighted by molar-refractivity contribution is -0.564. The Kier molecular flexibility index (Phi) is 1.69. The fourth-order valence-electron chi connectivity index (χ4n) is 1.48. The molecule has 0 atom stereocenters. The van der Waals surface area contributed by atoms with Crippen molar-refractivity contribution in [3.05, 3.63) is 17.6 Å². The average Bonchev–Trinajstić information content (AvgIpc) is 2.36. The van der Waals surface area contributed by atoms with Crippen molar-refractivity contribution in [2.24, 2.45) is 7.05 Å². The maximum Gasteiger partial charge on any atom is 0.284 e. The summed E-state index contributed by atoms with van der Waals surface area (Å²) in [7, 11) is 1.87. The first-order chi connectivity index (χ1) is 6.11. The summed E-state index contributed by atoms with van der Waals surface area (Å²) in [5, 5.41) is 4.75. The van der Waals surface area contributed by atoms with Crippen LogP contribution in [-0.2, 0) is 19.7 Å². The van der Waals surface area contributed by atoms with Crippen LogP contribution in [-0.4, -0.2) is 14.8 Å². The Morgan fingerprint density at radius 3 is 2.77 bits per heavy atom. The van der Waals surface area contributed by atoms with E-state index in [0.717, 1.165) is 17.0 Å². The number of aryl methyl sites for hydroxylation is 3. The molecular weight excluding hydrogens is 184 g/mol. The second-order valence-electron chi connectivity index (χ2n) is 3.05. The van der Waals surface area contributed by atoms with Crippen molar-refractivity contribution < 1.29 is 4.40 Å². The molecule has 2 aromatic rings. The Morgan fingerprint density at radius 2 is 2.15 bits per heavy atom. The van der Waals surface area contributed by atoms with Crippen molar-refractivity contribution in [2.45, 2.75) is 19.0 Å². The first-order valence-electron chi connectivity index (χ1n) is 3.99. The number of hydrogen-bond acceptors (Lipinski definition) is 3. The van der Waals surface area contributed by atoms with Gasteiger partial charge in [-0.2, -0.15) is 0 Å². The van der Waals surface area contributed by atoms with E-state index >= 15 is 0 Å². The highest BCUT2D eigenvalue weighted by molar-refractivity contribution is 7.58. The maximum atomic E-state index is 5.12. The topological polar surface area (TPSA) is 34.8 Å². The van der Waals surface area contributed by atoms with E-state index in [9.17, 15) is 0 Å². The summed E-state index contributed by atoms with van der Waals surface area (Å²) in [6.07, 6.45) is 1.81. The highest BCUT2D eigenvalue weighted by atomic mass is 32.1. The molecule has 0 fully saturated rings. The molecular formula is C8H10N4S. The largest absolute Gasteiger partial charge is 0.702 e. The SMILES string of the molecule is Cc1ncc(C)[n+]2c([S-])nn(C)c12. The van der Waals surface area contributed by atoms with E-state index in [0.29, 0.717) is 5.16 Å². The molecule has 0 aliphatic heterocycles. The minimum absolute atomic E-state index is 0.584. The molecule has 4 nitrogen and oxygen atoms in total. The van der Waals surface area contributed by atoms with E-state index in [-0.39, 0.29) is 0 Å². The zero-order valence-electron chi connectivity index (χ0n) is 7.77. The van der Waals surface area contributed by atoms with Gasteiger partial charge < -0.3 is 12.6 Å². The van der Waals surface area contributed by atoms with Crippen LogP contribution in [0.3, 0.4) is 0 Å². The summed E-state index contributed by atoms with van der Waals surface area (Å²) in [5.74, 6) is 0. The number of fused-ring (bicyclic) bond motifs is 1. The number of hydrogen-bond donors (Lipinski definition) is 0. The van der Waals surface area contributed by atoms with Crippen LogP contribution in [0.4, 0.5) is 0 Å². The predicted octanol–water partition coefficient (Wildman–Crippen LogP) is 0.0764. The molecule has 0 amide bonds. The van der Waals surface area contributed by atoms with Gasteiger partial charge in [-0.1, -0.05) is 0 Å². The molecule has 0 radical (unpaired) electrons. The highest BCUT2D eigenvalue weighted by Gasteiger charge is 2.14. The molecule has 0 bridgehead atoms. The van der Waals surface area contributed by atoms with Crippen molar-refractivity contribution in [1.29, 1.82) is 0 Å². The van der Waals surface area contributed by atoms with Gasteiger partial charge in [0.15, 0.2) is 5.16 Å². The molecule has 0 spiro atoms. The fourth-order valence-corrected chi connectivity index (χ4v) is 1.83. The van der Waals surface area contributed by atoms with Gasteiger partial charge in [0.25, 0.3) is 5.65 Å². The van der Waals surface area contributed by atoms with Gasteiger partial charge in [0.05, 0.1) is 18.9 Å². The van der Waals surface area contributed by atoms with E-state index in [2.05, 4.69) is 10.1 Å². The number of aromatic nitrogens is 4. The quantitative estimate of drug-likeness (QED) is 0.440. The zero-order valence-corrected chi connectivity index (χ0v) is 8.59. The second-order valence-corrected chi connectivity index (χ2v) is 3.42. The molecule has 0 aromatic carbocycles. The summed E-state index contributed by atoms with van der Waals surface area (Å²) in [6.45, 7) is 3.92. The summed E-state index contributed by atoms with van der Waals surface area (Å²) < 4.78 is 3.69. The molecule has 0 unspecified atom stereocenters. The van der Waals surface area contributed by atoms with Gasteiger partial charge in [-0.25, -0.2) is 4.40 Å². The second kappa shape index (κ2) is 2.63. The van der Waals surface area contributed by atoms with Gasteiger partial charge in [-0.15, -0.1) is 4.68 Å². The molecule has 13 heavy (non-hydrogen) atoms. The maximum absolute atomic E-state index is 5.12. The predicted molar refractivity (Wildman–Crippen MR) is 49.3 cm³/mol. The molecule has 0 saturated heterocycles. The molecule has 2 aromatic heterocycles. The third-order valence-electron chi connectivity index (χ3n) is 2.07. The van der Waals surface area contributed by atoms with Crippen molar-refractivity contribution in [3.63, 3.8) is 0 Å². The zero-order chi connectivity index (χ0) is 9.59. The Bertz CT molecular complexity index is 432. The van der Waals surface area contributed by atoms with E-state index in [1.165, 1.54) is 0 Å². The third-order valence-corrected chi connectivity index (χ3v) is 2.33. The normalized spacial score (nSPS) is 11.0. The van der Waals surface area contributed by atoms with E-state index in [1.54, 1.807) is 10.9 Å². The van der Waals surface area contributed by atoms with Crippen LogP contribution in [0.1, 0.15) is 11.4 Å². The summed E-state index contributed by atoms with van der Waals surface area (Å²) in [4.78, 5) is 4.25. The van der Waals surface area contributed by atoms with Crippen molar-refractivity contribution in [2.75, 3.05) is 0 Å². The summed E-state index contributed by atoms with van der Waals surface area (Å²) >= 11 is 5.12. The lowest BCUT2D eigenvalue weighted by atomic mass is 10.4. The fraction of sp³-hybridized carbons (Fsp3) is 0.375. The average molecular weight is 194 g/mol. The lowest BCUT2D eigenvalue weighted by Gasteiger charge is -1.99. The van der Waals surface area contributed by atoms with E-state index in [4.69, 9.17) is 12.6 Å². The van der Waals surface area contributed by atoms with Crippen molar-refractivity contribution in [1.82, 2.24) is 14.8 Å². The van der Waals surface area contributed by atoms with Crippen molar-refractivity contribution in [3.8, 4) is 0 Å². The van der Waals surface area contributed by atoms with Crippen molar-refractivity contribution >= 4 is 18.3 Å². The van der Waals surface area contributed by atoms with E-state index in [1.807, 2.05) is 25.3 Å². The standard InChI is InChI=1S/C8H10N4S/c1-5-4-9-6(2)7-11(3)10-8(13)12(5)7/h4H,1-3H3. The van der Waals surface area contributed by atoms with Gasteiger partial charge in [0.1, 0.15) is 5.69 Å². The number of nitrogens with zero attached hydrogens (tertiary/aromatic N) is 4. The van der Waals surface area contributed by atoms with Crippen LogP contribution in [0.15, 0.2) is 11.4 Å². The third kappa shape index (κ3) is 1.07. The smallest absolute Gasteiger partial charge is 0.284 e. The van der Waals surface area contributed by atoms with Gasteiger partial charge in [-0.3, -0.25) is 4.98 Å². The van der Waals surface area contributed by atoms with Gasteiger partial charge >= 0.3 is 0 Å². The Hall–Kier alpha value is -1.23. The molecule has 2 rings (SSSR count). The molecule has 5 heteroatoms. The molecule has 2 heterocycles. The van der Waals surface area contributed by atoms with Gasteiger partial charge in [0, 0.05) is 5.10 Å². The van der Waals surface area contributed by atoms with E-state index < -0.39 is 0 Å². The van der Waals surface area contributed by atoms with Crippen LogP contribution in [0, 0.1) is 13.8 Å². The minimum atomic E-state index is 0.584. The highest BCUT2D eigenvalue weighted by Crippen LogP contribution is 2.03. The molecule has 0 aliphatic rings. The number of rotatable bonds is 0. The Labute approximate surface area is 81.6 Å². The lowest BCUT2D eigenvalue weighted by Crippen LogP contribution is -2.28. The minimum Gasteiger partial charge on any atom is -0.702 e. The van der Waals surface area contributed by atoms with Gasteiger partial charge in [0.2, 0.25) is 0 Å². The molecule has 0 N–H and O–H groups in total. The Balaban J connectivity index is 3.03. The monoisotopic (exact) mass is 194 g/mol. The molecule has 68 valence electrons. The van der Waals surface area contributed by atoms with Gasteiger partial charge in [-0.05, 0) is 13.8 Å². The van der Waals surface area contributed by atoms with Crippen LogP contribution < -0.4 is 4.40 Å². The molecule has 0 saturated carbocycles. The molecule has 0 aliphatic carbocycles. The first-order valence-corrected chi connectivity index (χ1v) is 4.40. The first kappa shape index (κ1) is 8.37. The summed E-state index contributed by atoms with van der Waals surface area (Å²) in [6, 6.07) is 0. The van der Waals surface area contributed by atoms with Crippen LogP contribution in [0.5, 0.6) is 0 Å². The Morgan fingerprint density at radius 1 is 1.46 bits per heavy atom.